The summed E-state index contributed by atoms with van der Waals surface area (Å²) in [4.78, 5) is 35.6. The molecule has 30 heavy (non-hydrogen) atoms. The predicted octanol–water partition coefficient (Wildman–Crippen LogP) is 4.01. The average Bonchev–Trinajstić information content (AvgIpc) is 2.74. The van der Waals surface area contributed by atoms with Crippen molar-refractivity contribution in [3.63, 3.8) is 0 Å². The van der Waals surface area contributed by atoms with Gasteiger partial charge in [-0.05, 0) is 24.3 Å². The molecule has 0 spiro atoms. The Bertz CT molecular complexity index is 1020. The fourth-order valence-corrected chi connectivity index (χ4v) is 1.91. The van der Waals surface area contributed by atoms with E-state index in [1.807, 2.05) is 24.3 Å². The zero-order valence-corrected chi connectivity index (χ0v) is 14.8. The number of nitro groups is 3. The van der Waals surface area contributed by atoms with Crippen molar-refractivity contribution in [3.8, 4) is 5.75 Å². The van der Waals surface area contributed by atoms with Crippen LogP contribution in [0.2, 0.25) is 0 Å². The van der Waals surface area contributed by atoms with Crippen LogP contribution in [0, 0.1) is 30.3 Å². The molecule has 1 N–H and O–H groups in total. The number of nitrogens with zero attached hydrogens (tertiary/aromatic N) is 7. The van der Waals surface area contributed by atoms with E-state index in [-0.39, 0.29) is 0 Å². The SMILES string of the molecule is O=[N+]([O-])c1cc([N+](=O)[O-])c(O)c([N+](=O)[O-])c1.c1cncc(N=Nc2cccnc2)c1. The summed E-state index contributed by atoms with van der Waals surface area (Å²) in [5.41, 5.74) is -1.54. The third-order valence-electron chi connectivity index (χ3n) is 3.23. The van der Waals surface area contributed by atoms with Crippen LogP contribution in [0.25, 0.3) is 0 Å². The van der Waals surface area contributed by atoms with Gasteiger partial charge in [-0.15, -0.1) is 10.2 Å². The zero-order chi connectivity index (χ0) is 22.1. The van der Waals surface area contributed by atoms with Gasteiger partial charge in [-0.2, -0.15) is 0 Å². The molecule has 14 heteroatoms. The lowest BCUT2D eigenvalue weighted by molar-refractivity contribution is -0.404. The Morgan fingerprint density at radius 2 is 1.20 bits per heavy atom. The van der Waals surface area contributed by atoms with Crippen molar-refractivity contribution in [1.29, 1.82) is 0 Å². The highest BCUT2D eigenvalue weighted by atomic mass is 16.6. The largest absolute Gasteiger partial charge is 0.497 e. The molecule has 152 valence electrons. The number of non-ortho nitro benzene ring substituents is 1. The van der Waals surface area contributed by atoms with Gasteiger partial charge in [0.25, 0.3) is 11.4 Å². The first-order valence-electron chi connectivity index (χ1n) is 7.81. The molecular formula is C16H11N7O7. The summed E-state index contributed by atoms with van der Waals surface area (Å²) >= 11 is 0. The fraction of sp³-hybridized carbons (Fsp3) is 0. The first kappa shape index (κ1) is 21.4. The minimum Gasteiger partial charge on any atom is -0.497 e. The fourth-order valence-electron chi connectivity index (χ4n) is 1.91. The smallest absolute Gasteiger partial charge is 0.324 e. The van der Waals surface area contributed by atoms with Crippen LogP contribution in [0.5, 0.6) is 5.75 Å². The molecule has 0 fully saturated rings. The minimum absolute atomic E-state index is 0.447. The van der Waals surface area contributed by atoms with Crippen LogP contribution >= 0.6 is 0 Å². The molecular weight excluding hydrogens is 402 g/mol. The predicted molar refractivity (Wildman–Crippen MR) is 101 cm³/mol. The van der Waals surface area contributed by atoms with Gasteiger partial charge in [0.2, 0.25) is 0 Å². The van der Waals surface area contributed by atoms with Crippen molar-refractivity contribution in [2.75, 3.05) is 0 Å². The van der Waals surface area contributed by atoms with E-state index in [1.165, 1.54) is 0 Å². The van der Waals surface area contributed by atoms with Crippen molar-refractivity contribution < 1.29 is 19.9 Å². The maximum Gasteiger partial charge on any atom is 0.324 e. The average molecular weight is 413 g/mol. The lowest BCUT2D eigenvalue weighted by atomic mass is 10.2. The molecule has 0 aliphatic heterocycles. The molecule has 0 aliphatic carbocycles. The molecule has 0 atom stereocenters. The van der Waals surface area contributed by atoms with Crippen molar-refractivity contribution in [3.05, 3.63) is 91.5 Å². The quantitative estimate of drug-likeness (QED) is 0.364. The Morgan fingerprint density at radius 1 is 0.767 bits per heavy atom. The molecule has 0 unspecified atom stereocenters. The number of pyridine rings is 2. The van der Waals surface area contributed by atoms with Crippen molar-refractivity contribution in [1.82, 2.24) is 9.97 Å². The Labute approximate surface area is 166 Å². The highest BCUT2D eigenvalue weighted by Crippen LogP contribution is 2.38. The number of phenolic OH excluding ortho intramolecular Hbond substituents is 1. The summed E-state index contributed by atoms with van der Waals surface area (Å²) in [7, 11) is 0. The molecule has 0 radical (unpaired) electrons. The summed E-state index contributed by atoms with van der Waals surface area (Å²) in [6.45, 7) is 0. The van der Waals surface area contributed by atoms with Crippen LogP contribution in [-0.2, 0) is 0 Å². The van der Waals surface area contributed by atoms with Gasteiger partial charge < -0.3 is 5.11 Å². The molecule has 0 bridgehead atoms. The number of azo groups is 1. The second kappa shape index (κ2) is 9.88. The van der Waals surface area contributed by atoms with E-state index < -0.39 is 37.6 Å². The molecule has 0 saturated carbocycles. The Kier molecular flexibility index (Phi) is 7.06. The number of rotatable bonds is 5. The van der Waals surface area contributed by atoms with Crippen LogP contribution < -0.4 is 0 Å². The number of hydrogen-bond acceptors (Lipinski definition) is 11. The third kappa shape index (κ3) is 5.81. The molecule has 1 aromatic carbocycles. The van der Waals surface area contributed by atoms with Gasteiger partial charge in [0.1, 0.15) is 11.4 Å². The van der Waals surface area contributed by atoms with Gasteiger partial charge in [-0.25, -0.2) is 0 Å². The van der Waals surface area contributed by atoms with E-state index in [9.17, 15) is 30.3 Å². The summed E-state index contributed by atoms with van der Waals surface area (Å²) in [5.74, 6) is -1.21. The minimum atomic E-state index is -1.21. The maximum absolute atomic E-state index is 10.4. The number of hydrogen-bond donors (Lipinski definition) is 1. The summed E-state index contributed by atoms with van der Waals surface area (Å²) in [6, 6.07) is 8.21. The van der Waals surface area contributed by atoms with Crippen LogP contribution in [0.3, 0.4) is 0 Å². The number of aromatic hydroxyl groups is 1. The highest BCUT2D eigenvalue weighted by molar-refractivity contribution is 5.64. The van der Waals surface area contributed by atoms with Crippen LogP contribution in [0.15, 0.2) is 71.4 Å². The van der Waals surface area contributed by atoms with E-state index in [1.54, 1.807) is 24.8 Å². The van der Waals surface area contributed by atoms with Gasteiger partial charge in [0.05, 0.1) is 39.3 Å². The Morgan fingerprint density at radius 3 is 1.50 bits per heavy atom. The molecule has 0 amide bonds. The van der Waals surface area contributed by atoms with Crippen molar-refractivity contribution in [2.45, 2.75) is 0 Å². The van der Waals surface area contributed by atoms with Crippen molar-refractivity contribution >= 4 is 28.4 Å². The molecule has 2 aromatic heterocycles. The normalized spacial score (nSPS) is 10.1. The summed E-state index contributed by atoms with van der Waals surface area (Å²) in [5, 5.41) is 48.2. The Balaban J connectivity index is 0.000000215. The highest BCUT2D eigenvalue weighted by Gasteiger charge is 2.30. The zero-order valence-electron chi connectivity index (χ0n) is 14.8. The monoisotopic (exact) mass is 413 g/mol. The number of benzene rings is 1. The van der Waals surface area contributed by atoms with Crippen LogP contribution in [0.1, 0.15) is 0 Å². The number of aromatic nitrogens is 2. The van der Waals surface area contributed by atoms with Gasteiger partial charge >= 0.3 is 11.4 Å². The first-order chi connectivity index (χ1) is 14.3. The second-order valence-electron chi connectivity index (χ2n) is 5.23. The van der Waals surface area contributed by atoms with E-state index in [0.717, 1.165) is 11.4 Å². The van der Waals surface area contributed by atoms with E-state index in [4.69, 9.17) is 5.11 Å². The first-order valence-corrected chi connectivity index (χ1v) is 7.81. The van der Waals surface area contributed by atoms with Crippen LogP contribution in [0.4, 0.5) is 28.4 Å². The van der Waals surface area contributed by atoms with Gasteiger partial charge in [-0.3, -0.25) is 40.3 Å². The lowest BCUT2D eigenvalue weighted by Gasteiger charge is -1.97. The van der Waals surface area contributed by atoms with Gasteiger partial charge in [-0.1, -0.05) is 0 Å². The Hall–Kier alpha value is -4.88. The number of nitro benzene ring substituents is 3. The molecule has 14 nitrogen and oxygen atoms in total. The molecule has 2 heterocycles. The maximum atomic E-state index is 10.4. The topological polar surface area (TPSA) is 200 Å². The third-order valence-corrected chi connectivity index (χ3v) is 3.23. The summed E-state index contributed by atoms with van der Waals surface area (Å²) in [6.07, 6.45) is 6.70. The molecule has 3 aromatic rings. The molecule has 0 saturated heterocycles. The van der Waals surface area contributed by atoms with E-state index >= 15 is 0 Å². The van der Waals surface area contributed by atoms with Crippen molar-refractivity contribution in [2.24, 2.45) is 10.2 Å². The lowest BCUT2D eigenvalue weighted by Crippen LogP contribution is -1.97. The van der Waals surface area contributed by atoms with Gasteiger partial charge in [0.15, 0.2) is 0 Å². The van der Waals surface area contributed by atoms with E-state index in [2.05, 4.69) is 20.2 Å². The number of phenols is 1. The van der Waals surface area contributed by atoms with E-state index in [0.29, 0.717) is 12.1 Å². The second-order valence-corrected chi connectivity index (χ2v) is 5.23. The van der Waals surface area contributed by atoms with Gasteiger partial charge in [0, 0.05) is 12.4 Å². The van der Waals surface area contributed by atoms with Crippen LogP contribution in [-0.4, -0.2) is 29.8 Å². The summed E-state index contributed by atoms with van der Waals surface area (Å²) < 4.78 is 0. The molecule has 0 aliphatic rings. The standard InChI is InChI=1S/C10H8N4.C6H3N3O7/c1-3-9(7-11-5-1)13-14-10-4-2-6-12-8-10;10-6-4(8(13)14)1-3(7(11)12)2-5(6)9(15)16/h1-8H;1-2,10H. The molecule has 3 rings (SSSR count).